The van der Waals surface area contributed by atoms with E-state index in [2.05, 4.69) is 39.1 Å². The summed E-state index contributed by atoms with van der Waals surface area (Å²) in [6, 6.07) is 2.26. The van der Waals surface area contributed by atoms with Crippen LogP contribution in [0.4, 0.5) is 0 Å². The van der Waals surface area contributed by atoms with Crippen LogP contribution in [-0.2, 0) is 17.9 Å². The quantitative estimate of drug-likeness (QED) is 0.852. The highest BCUT2D eigenvalue weighted by atomic mass is 32.1. The molecule has 0 saturated carbocycles. The van der Waals surface area contributed by atoms with Crippen LogP contribution in [0.25, 0.3) is 0 Å². The van der Waals surface area contributed by atoms with E-state index in [9.17, 15) is 0 Å². The minimum absolute atomic E-state index is 0.179. The fourth-order valence-electron chi connectivity index (χ4n) is 1.38. The number of thiophene rings is 1. The first-order valence-electron chi connectivity index (χ1n) is 5.83. The van der Waals surface area contributed by atoms with Gasteiger partial charge in [-0.25, -0.2) is 0 Å². The van der Waals surface area contributed by atoms with Gasteiger partial charge in [0.2, 0.25) is 0 Å². The van der Waals surface area contributed by atoms with Crippen molar-refractivity contribution in [3.63, 3.8) is 0 Å². The van der Waals surface area contributed by atoms with Gasteiger partial charge in [0, 0.05) is 28.4 Å². The number of hydrogen-bond acceptors (Lipinski definition) is 3. The molecule has 2 nitrogen and oxygen atoms in total. The fourth-order valence-corrected chi connectivity index (χ4v) is 2.37. The van der Waals surface area contributed by atoms with E-state index in [1.807, 2.05) is 18.3 Å². The van der Waals surface area contributed by atoms with Gasteiger partial charge in [-0.1, -0.05) is 0 Å². The zero-order valence-electron chi connectivity index (χ0n) is 11.0. The van der Waals surface area contributed by atoms with Gasteiger partial charge in [-0.2, -0.15) is 0 Å². The number of rotatable bonds is 5. The van der Waals surface area contributed by atoms with Crippen LogP contribution in [0.5, 0.6) is 0 Å². The molecule has 3 heteroatoms. The molecule has 0 aromatic carbocycles. The average Bonchev–Trinajstić information content (AvgIpc) is 2.52. The van der Waals surface area contributed by atoms with E-state index in [0.717, 1.165) is 19.8 Å². The van der Waals surface area contributed by atoms with Crippen molar-refractivity contribution < 1.29 is 4.74 Å². The zero-order chi connectivity index (χ0) is 12.2. The lowest BCUT2D eigenvalue weighted by atomic mass is 10.1. The summed E-state index contributed by atoms with van der Waals surface area (Å²) < 4.78 is 5.45. The molecule has 1 aromatic rings. The van der Waals surface area contributed by atoms with Crippen LogP contribution in [0, 0.1) is 6.92 Å². The summed E-state index contributed by atoms with van der Waals surface area (Å²) in [4.78, 5) is 2.77. The van der Waals surface area contributed by atoms with E-state index in [4.69, 9.17) is 4.74 Å². The molecule has 0 radical (unpaired) electrons. The second kappa shape index (κ2) is 5.80. The third kappa shape index (κ3) is 4.64. The van der Waals surface area contributed by atoms with Gasteiger partial charge in [-0.3, -0.25) is 0 Å². The first-order chi connectivity index (χ1) is 7.42. The second-order valence-electron chi connectivity index (χ2n) is 5.03. The molecule has 92 valence electrons. The second-order valence-corrected chi connectivity index (χ2v) is 6.38. The number of hydrogen-bond donors (Lipinski definition) is 1. The largest absolute Gasteiger partial charge is 0.377 e. The summed E-state index contributed by atoms with van der Waals surface area (Å²) in [6.07, 6.45) is 0. The third-order valence-corrected chi connectivity index (χ3v) is 3.42. The highest BCUT2D eigenvalue weighted by Gasteiger charge is 2.10. The molecule has 16 heavy (non-hydrogen) atoms. The Labute approximate surface area is 103 Å². The molecule has 0 unspecified atom stereocenters. The molecule has 0 aliphatic carbocycles. The van der Waals surface area contributed by atoms with Gasteiger partial charge < -0.3 is 10.1 Å². The highest BCUT2D eigenvalue weighted by molar-refractivity contribution is 7.12. The predicted molar refractivity (Wildman–Crippen MR) is 71.0 cm³/mol. The van der Waals surface area contributed by atoms with E-state index in [1.54, 1.807) is 0 Å². The molecular formula is C13H23NOS. The van der Waals surface area contributed by atoms with E-state index in [0.29, 0.717) is 0 Å². The predicted octanol–water partition coefficient (Wildman–Crippen LogP) is 3.48. The van der Waals surface area contributed by atoms with Gasteiger partial charge in [-0.15, -0.1) is 11.3 Å². The van der Waals surface area contributed by atoms with Gasteiger partial charge in [0.15, 0.2) is 0 Å². The summed E-state index contributed by atoms with van der Waals surface area (Å²) in [7, 11) is 0. The normalized spacial score (nSPS) is 12.1. The fraction of sp³-hybridized carbons (Fsp3) is 0.692. The average molecular weight is 241 g/mol. The monoisotopic (exact) mass is 241 g/mol. The van der Waals surface area contributed by atoms with Crippen molar-refractivity contribution in [2.75, 3.05) is 6.61 Å². The Hall–Kier alpha value is -0.380. The molecule has 0 aliphatic rings. The summed E-state index contributed by atoms with van der Waals surface area (Å²) in [5.74, 6) is 0. The molecule has 0 aliphatic heterocycles. The Kier molecular flexibility index (Phi) is 4.96. The van der Waals surface area contributed by atoms with Crippen LogP contribution in [0.1, 0.15) is 43.0 Å². The summed E-state index contributed by atoms with van der Waals surface area (Å²) in [5, 5.41) is 3.50. The Balaban J connectivity index is 2.55. The Morgan fingerprint density at radius 1 is 1.38 bits per heavy atom. The Morgan fingerprint density at radius 3 is 2.62 bits per heavy atom. The van der Waals surface area contributed by atoms with E-state index in [-0.39, 0.29) is 5.54 Å². The molecule has 1 aromatic heterocycles. The van der Waals surface area contributed by atoms with Crippen molar-refractivity contribution in [1.82, 2.24) is 5.32 Å². The van der Waals surface area contributed by atoms with E-state index in [1.165, 1.54) is 15.3 Å². The van der Waals surface area contributed by atoms with Gasteiger partial charge in [0.25, 0.3) is 0 Å². The van der Waals surface area contributed by atoms with E-state index >= 15 is 0 Å². The lowest BCUT2D eigenvalue weighted by molar-refractivity contribution is 0.134. The van der Waals surface area contributed by atoms with Crippen molar-refractivity contribution >= 4 is 11.3 Å². The minimum atomic E-state index is 0.179. The minimum Gasteiger partial charge on any atom is -0.377 e. The van der Waals surface area contributed by atoms with Crippen molar-refractivity contribution in [1.29, 1.82) is 0 Å². The molecule has 0 atom stereocenters. The number of nitrogens with one attached hydrogen (secondary N) is 1. The first kappa shape index (κ1) is 13.7. The maximum Gasteiger partial charge on any atom is 0.0727 e. The van der Waals surface area contributed by atoms with Crippen LogP contribution in [0.2, 0.25) is 0 Å². The van der Waals surface area contributed by atoms with Crippen LogP contribution in [0.15, 0.2) is 6.07 Å². The molecule has 1 rings (SSSR count). The first-order valence-corrected chi connectivity index (χ1v) is 6.65. The van der Waals surface area contributed by atoms with Crippen LogP contribution < -0.4 is 5.32 Å². The molecule has 0 fully saturated rings. The molecule has 0 saturated heterocycles. The van der Waals surface area contributed by atoms with Crippen molar-refractivity contribution in [2.45, 2.75) is 53.3 Å². The lowest BCUT2D eigenvalue weighted by Gasteiger charge is -2.19. The standard InChI is InChI=1S/C13H23NOS/c1-6-15-9-11-7-12(16-10(11)2)8-14-13(3,4)5/h7,14H,6,8-9H2,1-5H3. The van der Waals surface area contributed by atoms with Crippen molar-refractivity contribution in [2.24, 2.45) is 0 Å². The molecule has 0 amide bonds. The molecular weight excluding hydrogens is 218 g/mol. The van der Waals surface area contributed by atoms with Crippen molar-refractivity contribution in [3.05, 3.63) is 21.4 Å². The maximum atomic E-state index is 5.45. The van der Waals surface area contributed by atoms with Gasteiger partial charge in [0.1, 0.15) is 0 Å². The summed E-state index contributed by atoms with van der Waals surface area (Å²) in [6.45, 7) is 13.2. The lowest BCUT2D eigenvalue weighted by Crippen LogP contribution is -2.34. The summed E-state index contributed by atoms with van der Waals surface area (Å²) in [5.41, 5.74) is 1.51. The topological polar surface area (TPSA) is 21.3 Å². The maximum absolute atomic E-state index is 5.45. The molecule has 0 bridgehead atoms. The smallest absolute Gasteiger partial charge is 0.0727 e. The SMILES string of the molecule is CCOCc1cc(CNC(C)(C)C)sc1C. The van der Waals surface area contributed by atoms with Gasteiger partial charge in [-0.05, 0) is 46.2 Å². The van der Waals surface area contributed by atoms with Gasteiger partial charge >= 0.3 is 0 Å². The van der Waals surface area contributed by atoms with E-state index < -0.39 is 0 Å². The molecule has 1 heterocycles. The number of ether oxygens (including phenoxy) is 1. The third-order valence-electron chi connectivity index (χ3n) is 2.33. The highest BCUT2D eigenvalue weighted by Crippen LogP contribution is 2.22. The van der Waals surface area contributed by atoms with Crippen LogP contribution >= 0.6 is 11.3 Å². The van der Waals surface area contributed by atoms with Crippen LogP contribution in [0.3, 0.4) is 0 Å². The molecule has 0 spiro atoms. The summed E-state index contributed by atoms with van der Waals surface area (Å²) >= 11 is 1.86. The van der Waals surface area contributed by atoms with Crippen LogP contribution in [-0.4, -0.2) is 12.1 Å². The number of aryl methyl sites for hydroxylation is 1. The Bertz CT molecular complexity index is 325. The molecule has 1 N–H and O–H groups in total. The zero-order valence-corrected chi connectivity index (χ0v) is 11.8. The Morgan fingerprint density at radius 2 is 2.06 bits per heavy atom. The van der Waals surface area contributed by atoms with Gasteiger partial charge in [0.05, 0.1) is 6.61 Å². The van der Waals surface area contributed by atoms with Crippen molar-refractivity contribution in [3.8, 4) is 0 Å².